The summed E-state index contributed by atoms with van der Waals surface area (Å²) in [5, 5.41) is 10.8. The summed E-state index contributed by atoms with van der Waals surface area (Å²) in [6.07, 6.45) is 6.90. The van der Waals surface area contributed by atoms with Crippen LogP contribution in [-0.4, -0.2) is 59.8 Å². The minimum Gasteiger partial charge on any atom is -0.391 e. The fraction of sp³-hybridized carbons (Fsp3) is 0.538. The van der Waals surface area contributed by atoms with Gasteiger partial charge in [0.05, 0.1) is 6.10 Å². The molecule has 0 aromatic heterocycles. The van der Waals surface area contributed by atoms with Crippen molar-refractivity contribution < 1.29 is 5.11 Å². The highest BCUT2D eigenvalue weighted by Gasteiger charge is 2.28. The van der Waals surface area contributed by atoms with Crippen LogP contribution < -0.4 is 0 Å². The van der Waals surface area contributed by atoms with E-state index < -0.39 is 0 Å². The Morgan fingerprint density at radius 2 is 1.34 bits per heavy atom. The van der Waals surface area contributed by atoms with E-state index in [9.17, 15) is 5.11 Å². The van der Waals surface area contributed by atoms with Crippen molar-refractivity contribution in [2.75, 3.05) is 32.7 Å². The highest BCUT2D eigenvalue weighted by molar-refractivity contribution is 5.16. The van der Waals surface area contributed by atoms with Crippen LogP contribution in [0, 0.1) is 6.92 Å². The van der Waals surface area contributed by atoms with Crippen LogP contribution in [0.3, 0.4) is 0 Å². The number of rotatable bonds is 7. The van der Waals surface area contributed by atoms with Gasteiger partial charge in [-0.1, -0.05) is 66.2 Å². The SMILES string of the molecule is Cc1ccccc1.OC(CCN1CCCC1)C(Cc1ccccc1)N1CCCC1. The van der Waals surface area contributed by atoms with Gasteiger partial charge >= 0.3 is 0 Å². The van der Waals surface area contributed by atoms with Gasteiger partial charge in [-0.3, -0.25) is 4.90 Å². The van der Waals surface area contributed by atoms with E-state index in [1.165, 1.54) is 49.9 Å². The molecule has 2 aromatic carbocycles. The molecule has 2 heterocycles. The molecule has 3 nitrogen and oxygen atoms in total. The number of benzene rings is 2. The average molecular weight is 395 g/mol. The molecule has 0 aliphatic carbocycles. The highest BCUT2D eigenvalue weighted by Crippen LogP contribution is 2.20. The van der Waals surface area contributed by atoms with E-state index in [1.807, 2.05) is 18.2 Å². The number of hydrogen-bond acceptors (Lipinski definition) is 3. The van der Waals surface area contributed by atoms with Crippen LogP contribution in [0.4, 0.5) is 0 Å². The van der Waals surface area contributed by atoms with Gasteiger partial charge in [-0.05, 0) is 77.2 Å². The molecule has 2 saturated heterocycles. The second kappa shape index (κ2) is 12.1. The molecular formula is C26H38N2O. The monoisotopic (exact) mass is 394 g/mol. The number of nitrogens with zero attached hydrogens (tertiary/aromatic N) is 2. The zero-order valence-corrected chi connectivity index (χ0v) is 18.0. The van der Waals surface area contributed by atoms with Crippen LogP contribution in [0.2, 0.25) is 0 Å². The van der Waals surface area contributed by atoms with Crippen LogP contribution in [0.5, 0.6) is 0 Å². The van der Waals surface area contributed by atoms with E-state index in [2.05, 4.69) is 59.2 Å². The maximum Gasteiger partial charge on any atom is 0.0710 e. The first kappa shape index (κ1) is 22.0. The Morgan fingerprint density at radius 1 is 0.793 bits per heavy atom. The van der Waals surface area contributed by atoms with Gasteiger partial charge in [-0.2, -0.15) is 0 Å². The Morgan fingerprint density at radius 3 is 1.90 bits per heavy atom. The predicted molar refractivity (Wildman–Crippen MR) is 122 cm³/mol. The topological polar surface area (TPSA) is 26.7 Å². The third-order valence-electron chi connectivity index (χ3n) is 6.22. The summed E-state index contributed by atoms with van der Waals surface area (Å²) in [4.78, 5) is 5.02. The number of hydrogen-bond donors (Lipinski definition) is 1. The Balaban J connectivity index is 0.000000290. The van der Waals surface area contributed by atoms with Crippen LogP contribution in [0.1, 0.15) is 43.2 Å². The standard InChI is InChI=1S/C19H30N2O.C7H8/c22-19(10-15-20-11-4-5-12-20)18(21-13-6-7-14-21)16-17-8-2-1-3-9-17;1-7-5-3-2-4-6-7/h1-3,8-9,18-19,22H,4-7,10-16H2;2-6H,1H3. The van der Waals surface area contributed by atoms with E-state index >= 15 is 0 Å². The molecular weight excluding hydrogens is 356 g/mol. The second-order valence-corrected chi connectivity index (χ2v) is 8.56. The lowest BCUT2D eigenvalue weighted by Gasteiger charge is -2.32. The van der Waals surface area contributed by atoms with Gasteiger partial charge in [-0.15, -0.1) is 0 Å². The number of aliphatic hydroxyl groups is 1. The summed E-state index contributed by atoms with van der Waals surface area (Å²) in [6.45, 7) is 7.89. The predicted octanol–water partition coefficient (Wildman–Crippen LogP) is 4.54. The molecule has 0 bridgehead atoms. The highest BCUT2D eigenvalue weighted by atomic mass is 16.3. The maximum atomic E-state index is 10.8. The van der Waals surface area contributed by atoms with Crippen molar-refractivity contribution in [3.05, 3.63) is 71.8 Å². The molecule has 0 saturated carbocycles. The molecule has 2 atom stereocenters. The van der Waals surface area contributed by atoms with Crippen molar-refractivity contribution in [2.24, 2.45) is 0 Å². The molecule has 4 rings (SSSR count). The van der Waals surface area contributed by atoms with Gasteiger partial charge in [0, 0.05) is 12.6 Å². The summed E-state index contributed by atoms with van der Waals surface area (Å²) in [5.74, 6) is 0. The summed E-state index contributed by atoms with van der Waals surface area (Å²) in [6, 6.07) is 21.2. The van der Waals surface area contributed by atoms with Gasteiger partial charge in [0.1, 0.15) is 0 Å². The van der Waals surface area contributed by atoms with Crippen LogP contribution in [0.15, 0.2) is 60.7 Å². The molecule has 2 aliphatic rings. The largest absolute Gasteiger partial charge is 0.391 e. The minimum atomic E-state index is -0.209. The van der Waals surface area contributed by atoms with Gasteiger partial charge < -0.3 is 10.0 Å². The lowest BCUT2D eigenvalue weighted by Crippen LogP contribution is -2.44. The molecule has 0 amide bonds. The first-order valence-electron chi connectivity index (χ1n) is 11.4. The van der Waals surface area contributed by atoms with E-state index in [0.717, 1.165) is 32.5 Å². The fourth-order valence-corrected chi connectivity index (χ4v) is 4.49. The normalized spacial score (nSPS) is 19.5. The molecule has 29 heavy (non-hydrogen) atoms. The van der Waals surface area contributed by atoms with Crippen molar-refractivity contribution in [3.63, 3.8) is 0 Å². The zero-order valence-electron chi connectivity index (χ0n) is 18.0. The lowest BCUT2D eigenvalue weighted by molar-refractivity contribution is 0.0492. The van der Waals surface area contributed by atoms with Crippen LogP contribution in [0.25, 0.3) is 0 Å². The molecule has 1 N–H and O–H groups in total. The van der Waals surface area contributed by atoms with Crippen molar-refractivity contribution >= 4 is 0 Å². The van der Waals surface area contributed by atoms with Gasteiger partial charge in [0.2, 0.25) is 0 Å². The molecule has 2 aromatic rings. The first-order chi connectivity index (χ1) is 14.2. The molecule has 0 radical (unpaired) electrons. The van der Waals surface area contributed by atoms with Crippen LogP contribution >= 0.6 is 0 Å². The molecule has 2 unspecified atom stereocenters. The Kier molecular flexibility index (Phi) is 9.20. The third-order valence-corrected chi connectivity index (χ3v) is 6.22. The van der Waals surface area contributed by atoms with Crippen molar-refractivity contribution in [1.29, 1.82) is 0 Å². The summed E-state index contributed by atoms with van der Waals surface area (Å²) < 4.78 is 0. The van der Waals surface area contributed by atoms with E-state index in [1.54, 1.807) is 0 Å². The fourth-order valence-electron chi connectivity index (χ4n) is 4.49. The maximum absolute atomic E-state index is 10.8. The minimum absolute atomic E-state index is 0.209. The summed E-state index contributed by atoms with van der Waals surface area (Å²) in [7, 11) is 0. The van der Waals surface area contributed by atoms with E-state index in [0.29, 0.717) is 0 Å². The molecule has 0 spiro atoms. The Hall–Kier alpha value is -1.68. The lowest BCUT2D eigenvalue weighted by atomic mass is 9.97. The van der Waals surface area contributed by atoms with E-state index in [4.69, 9.17) is 0 Å². The number of likely N-dealkylation sites (tertiary alicyclic amines) is 2. The van der Waals surface area contributed by atoms with Crippen molar-refractivity contribution in [1.82, 2.24) is 9.80 Å². The molecule has 2 aliphatic heterocycles. The van der Waals surface area contributed by atoms with Gasteiger partial charge in [0.25, 0.3) is 0 Å². The van der Waals surface area contributed by atoms with Gasteiger partial charge in [0.15, 0.2) is 0 Å². The summed E-state index contributed by atoms with van der Waals surface area (Å²) in [5.41, 5.74) is 2.67. The molecule has 3 heteroatoms. The molecule has 158 valence electrons. The van der Waals surface area contributed by atoms with Crippen molar-refractivity contribution in [2.45, 2.75) is 57.6 Å². The quantitative estimate of drug-likeness (QED) is 0.747. The Bertz CT molecular complexity index is 664. The number of aliphatic hydroxyl groups excluding tert-OH is 1. The molecule has 2 fully saturated rings. The number of aryl methyl sites for hydroxylation is 1. The van der Waals surface area contributed by atoms with E-state index in [-0.39, 0.29) is 12.1 Å². The first-order valence-corrected chi connectivity index (χ1v) is 11.4. The second-order valence-electron chi connectivity index (χ2n) is 8.56. The van der Waals surface area contributed by atoms with Gasteiger partial charge in [-0.25, -0.2) is 0 Å². The Labute approximate surface area is 177 Å². The van der Waals surface area contributed by atoms with Crippen molar-refractivity contribution in [3.8, 4) is 0 Å². The third kappa shape index (κ3) is 7.58. The zero-order chi connectivity index (χ0) is 20.3. The average Bonchev–Trinajstić information content (AvgIpc) is 3.46. The van der Waals surface area contributed by atoms with Crippen LogP contribution in [-0.2, 0) is 6.42 Å². The summed E-state index contributed by atoms with van der Waals surface area (Å²) >= 11 is 0. The smallest absolute Gasteiger partial charge is 0.0710 e.